The summed E-state index contributed by atoms with van der Waals surface area (Å²) in [6.07, 6.45) is 5.44. The number of aromatic amines is 3. The SMILES string of the molecule is O=c1[nH][nH]c(=C2C=Nc3ccccc32)/c1=C\c1ccc[nH]1. The topological polar surface area (TPSA) is 76.8 Å². The van der Waals surface area contributed by atoms with E-state index in [2.05, 4.69) is 20.2 Å². The fraction of sp³-hybridized carbons (Fsp3) is 0. The summed E-state index contributed by atoms with van der Waals surface area (Å²) in [5.74, 6) is 0. The van der Waals surface area contributed by atoms with Gasteiger partial charge in [0, 0.05) is 29.2 Å². The molecule has 3 heterocycles. The van der Waals surface area contributed by atoms with E-state index in [1.807, 2.05) is 48.7 Å². The molecule has 0 amide bonds. The van der Waals surface area contributed by atoms with Crippen molar-refractivity contribution >= 4 is 23.6 Å². The zero-order valence-corrected chi connectivity index (χ0v) is 11.1. The number of hydrogen-bond donors (Lipinski definition) is 3. The second-order valence-electron chi connectivity index (χ2n) is 4.83. The molecule has 3 N–H and O–H groups in total. The maximum Gasteiger partial charge on any atom is 0.271 e. The van der Waals surface area contributed by atoms with Gasteiger partial charge in [-0.3, -0.25) is 20.0 Å². The molecule has 1 aliphatic rings. The van der Waals surface area contributed by atoms with E-state index >= 15 is 0 Å². The first-order valence-electron chi connectivity index (χ1n) is 6.62. The molecular weight excluding hydrogens is 264 g/mol. The van der Waals surface area contributed by atoms with Gasteiger partial charge in [0.1, 0.15) is 0 Å². The highest BCUT2D eigenvalue weighted by atomic mass is 16.1. The first-order valence-corrected chi connectivity index (χ1v) is 6.62. The van der Waals surface area contributed by atoms with Crippen molar-refractivity contribution in [2.24, 2.45) is 4.99 Å². The summed E-state index contributed by atoms with van der Waals surface area (Å²) >= 11 is 0. The third kappa shape index (κ3) is 1.87. The zero-order chi connectivity index (χ0) is 14.2. The average molecular weight is 276 g/mol. The Morgan fingerprint density at radius 1 is 1.05 bits per heavy atom. The highest BCUT2D eigenvalue weighted by Gasteiger charge is 2.13. The molecule has 5 nitrogen and oxygen atoms in total. The van der Waals surface area contributed by atoms with Crippen molar-refractivity contribution in [3.8, 4) is 0 Å². The lowest BCUT2D eigenvalue weighted by Gasteiger charge is -1.96. The first-order chi connectivity index (χ1) is 10.3. The number of para-hydroxylation sites is 1. The minimum absolute atomic E-state index is 0.148. The third-order valence-electron chi connectivity index (χ3n) is 3.53. The molecule has 0 aliphatic carbocycles. The predicted octanol–water partition coefficient (Wildman–Crippen LogP) is 0.775. The molecule has 4 rings (SSSR count). The number of aliphatic imine (C=N–C) groups is 1. The second kappa shape index (κ2) is 4.49. The summed E-state index contributed by atoms with van der Waals surface area (Å²) in [4.78, 5) is 19.5. The normalized spacial score (nSPS) is 16.5. The van der Waals surface area contributed by atoms with Gasteiger partial charge in [-0.2, -0.15) is 0 Å². The van der Waals surface area contributed by atoms with Crippen molar-refractivity contribution < 1.29 is 0 Å². The Bertz CT molecular complexity index is 1000. The lowest BCUT2D eigenvalue weighted by molar-refractivity contribution is 1.03. The van der Waals surface area contributed by atoms with Crippen LogP contribution in [0, 0.1) is 0 Å². The van der Waals surface area contributed by atoms with Crippen LogP contribution < -0.4 is 16.1 Å². The van der Waals surface area contributed by atoms with E-state index in [1.165, 1.54) is 0 Å². The fourth-order valence-corrected chi connectivity index (χ4v) is 2.52. The molecule has 1 aliphatic heterocycles. The Hall–Kier alpha value is -3.08. The van der Waals surface area contributed by atoms with Crippen LogP contribution >= 0.6 is 0 Å². The van der Waals surface area contributed by atoms with Crippen LogP contribution in [0.1, 0.15) is 11.3 Å². The Kier molecular flexibility index (Phi) is 2.50. The van der Waals surface area contributed by atoms with Gasteiger partial charge in [0.25, 0.3) is 5.56 Å². The van der Waals surface area contributed by atoms with Gasteiger partial charge in [-0.25, -0.2) is 0 Å². The van der Waals surface area contributed by atoms with E-state index in [0.717, 1.165) is 27.9 Å². The molecule has 0 unspecified atom stereocenters. The molecule has 1 aromatic carbocycles. The molecule has 3 aromatic rings. The zero-order valence-electron chi connectivity index (χ0n) is 11.1. The highest BCUT2D eigenvalue weighted by molar-refractivity contribution is 6.15. The van der Waals surface area contributed by atoms with Gasteiger partial charge in [0.05, 0.1) is 16.3 Å². The quantitative estimate of drug-likeness (QED) is 0.603. The van der Waals surface area contributed by atoms with E-state index in [0.29, 0.717) is 5.22 Å². The summed E-state index contributed by atoms with van der Waals surface area (Å²) in [6.45, 7) is 0. The summed E-state index contributed by atoms with van der Waals surface area (Å²) < 4.78 is 0. The van der Waals surface area contributed by atoms with Gasteiger partial charge >= 0.3 is 0 Å². The number of hydrogen-bond acceptors (Lipinski definition) is 2. The van der Waals surface area contributed by atoms with Gasteiger partial charge < -0.3 is 4.98 Å². The van der Waals surface area contributed by atoms with Crippen LogP contribution in [-0.4, -0.2) is 21.4 Å². The van der Waals surface area contributed by atoms with Crippen molar-refractivity contribution in [1.82, 2.24) is 15.2 Å². The van der Waals surface area contributed by atoms with Crippen molar-refractivity contribution in [2.75, 3.05) is 0 Å². The molecule has 0 radical (unpaired) electrons. The van der Waals surface area contributed by atoms with Crippen molar-refractivity contribution in [3.63, 3.8) is 0 Å². The van der Waals surface area contributed by atoms with E-state index in [1.54, 1.807) is 6.21 Å². The number of nitrogens with zero attached hydrogens (tertiary/aromatic N) is 1. The largest absolute Gasteiger partial charge is 0.362 e. The maximum atomic E-state index is 12.0. The third-order valence-corrected chi connectivity index (χ3v) is 3.53. The molecule has 0 atom stereocenters. The maximum absolute atomic E-state index is 12.0. The summed E-state index contributed by atoms with van der Waals surface area (Å²) in [7, 11) is 0. The van der Waals surface area contributed by atoms with Gasteiger partial charge in [0.2, 0.25) is 0 Å². The van der Waals surface area contributed by atoms with Crippen molar-refractivity contribution in [1.29, 1.82) is 0 Å². The lowest BCUT2D eigenvalue weighted by atomic mass is 10.1. The number of nitrogens with one attached hydrogen (secondary N) is 3. The molecule has 0 fully saturated rings. The standard InChI is InChI=1S/C16H12N4O/c21-16-12(8-10-4-3-7-17-10)15(19-20-16)13-9-18-14-6-2-1-5-11(13)14/h1-9,17,19H,(H,20,21)/b12-8+,15-13?. The van der Waals surface area contributed by atoms with E-state index in [9.17, 15) is 4.79 Å². The molecule has 21 heavy (non-hydrogen) atoms. The van der Waals surface area contributed by atoms with Crippen LogP contribution in [0.15, 0.2) is 52.4 Å². The van der Waals surface area contributed by atoms with Crippen molar-refractivity contribution in [2.45, 2.75) is 0 Å². The molecule has 5 heteroatoms. The van der Waals surface area contributed by atoms with E-state index < -0.39 is 0 Å². The summed E-state index contributed by atoms with van der Waals surface area (Å²) in [6, 6.07) is 11.7. The molecule has 0 spiro atoms. The first kappa shape index (κ1) is 11.7. The molecule has 0 saturated carbocycles. The number of rotatable bonds is 1. The number of fused-ring (bicyclic) bond motifs is 1. The predicted molar refractivity (Wildman–Crippen MR) is 82.1 cm³/mol. The van der Waals surface area contributed by atoms with Crippen LogP contribution in [0.4, 0.5) is 5.69 Å². The fourth-order valence-electron chi connectivity index (χ4n) is 2.52. The number of H-pyrrole nitrogens is 3. The second-order valence-corrected chi connectivity index (χ2v) is 4.83. The molecule has 2 aromatic heterocycles. The minimum atomic E-state index is -0.148. The van der Waals surface area contributed by atoms with Crippen LogP contribution in [0.25, 0.3) is 11.6 Å². The van der Waals surface area contributed by atoms with E-state index in [-0.39, 0.29) is 5.56 Å². The van der Waals surface area contributed by atoms with E-state index in [4.69, 9.17) is 0 Å². The summed E-state index contributed by atoms with van der Waals surface area (Å²) in [5, 5.41) is 6.95. The molecule has 102 valence electrons. The highest BCUT2D eigenvalue weighted by Crippen LogP contribution is 2.28. The number of benzene rings is 1. The Morgan fingerprint density at radius 2 is 1.95 bits per heavy atom. The van der Waals surface area contributed by atoms with Gasteiger partial charge in [-0.15, -0.1) is 0 Å². The minimum Gasteiger partial charge on any atom is -0.362 e. The molecular formula is C16H12N4O. The van der Waals surface area contributed by atoms with Crippen LogP contribution in [0.3, 0.4) is 0 Å². The van der Waals surface area contributed by atoms with Crippen LogP contribution in [0.5, 0.6) is 0 Å². The molecule has 0 saturated heterocycles. The van der Waals surface area contributed by atoms with Crippen LogP contribution in [-0.2, 0) is 0 Å². The Balaban J connectivity index is 2.07. The van der Waals surface area contributed by atoms with Gasteiger partial charge in [-0.05, 0) is 24.3 Å². The Morgan fingerprint density at radius 3 is 2.81 bits per heavy atom. The average Bonchev–Trinajstić information content (AvgIpc) is 3.21. The van der Waals surface area contributed by atoms with Crippen LogP contribution in [0.2, 0.25) is 0 Å². The van der Waals surface area contributed by atoms with Crippen molar-refractivity contribution in [3.05, 3.63) is 74.8 Å². The van der Waals surface area contributed by atoms with Gasteiger partial charge in [-0.1, -0.05) is 18.2 Å². The summed E-state index contributed by atoms with van der Waals surface area (Å²) in [5.41, 5.74) is 3.59. The molecule has 0 bridgehead atoms. The number of aromatic nitrogens is 3. The lowest BCUT2D eigenvalue weighted by Crippen LogP contribution is -2.35. The monoisotopic (exact) mass is 276 g/mol. The smallest absolute Gasteiger partial charge is 0.271 e. The van der Waals surface area contributed by atoms with Gasteiger partial charge in [0.15, 0.2) is 0 Å². The Labute approximate surface area is 119 Å².